The van der Waals surface area contributed by atoms with E-state index in [2.05, 4.69) is 10.3 Å². The van der Waals surface area contributed by atoms with Gasteiger partial charge in [0.2, 0.25) is 5.95 Å². The molecular weight excluding hydrogens is 451 g/mol. The van der Waals surface area contributed by atoms with Gasteiger partial charge < -0.3 is 10.2 Å². The molecule has 2 aliphatic rings. The second kappa shape index (κ2) is 9.60. The average Bonchev–Trinajstić information content (AvgIpc) is 3.24. The Morgan fingerprint density at radius 1 is 1.14 bits per heavy atom. The molecule has 2 aromatic carbocycles. The fourth-order valence-electron chi connectivity index (χ4n) is 4.97. The number of piperidine rings is 1. The second-order valence-electron chi connectivity index (χ2n) is 9.16. The molecule has 1 aliphatic carbocycles. The van der Waals surface area contributed by atoms with E-state index in [0.717, 1.165) is 39.8 Å². The molecule has 3 aromatic rings. The number of nitrogens with zero attached hydrogens (tertiary/aromatic N) is 3. The zero-order chi connectivity index (χ0) is 24.5. The van der Waals surface area contributed by atoms with Crippen molar-refractivity contribution in [1.29, 1.82) is 5.41 Å². The molecule has 182 valence electrons. The number of para-hydroxylation sites is 2. The molecule has 1 saturated heterocycles. The van der Waals surface area contributed by atoms with Crippen molar-refractivity contribution >= 4 is 28.4 Å². The van der Waals surface area contributed by atoms with Crippen molar-refractivity contribution < 1.29 is 13.2 Å². The van der Waals surface area contributed by atoms with E-state index in [9.17, 15) is 13.2 Å². The van der Waals surface area contributed by atoms with E-state index in [1.54, 1.807) is 30.3 Å². The summed E-state index contributed by atoms with van der Waals surface area (Å²) in [6, 6.07) is 13.1. The number of halogens is 3. The van der Waals surface area contributed by atoms with Crippen LogP contribution in [0.15, 0.2) is 66.0 Å². The van der Waals surface area contributed by atoms with E-state index in [0.29, 0.717) is 48.6 Å². The van der Waals surface area contributed by atoms with Gasteiger partial charge in [-0.1, -0.05) is 18.2 Å². The molecule has 0 unspecified atom stereocenters. The van der Waals surface area contributed by atoms with Crippen LogP contribution in [0.1, 0.15) is 43.4 Å². The van der Waals surface area contributed by atoms with Crippen molar-refractivity contribution in [1.82, 2.24) is 9.55 Å². The first-order valence-electron chi connectivity index (χ1n) is 11.9. The topological polar surface area (TPSA) is 56.9 Å². The van der Waals surface area contributed by atoms with E-state index < -0.39 is 6.55 Å². The van der Waals surface area contributed by atoms with Gasteiger partial charge >= 0.3 is 6.55 Å². The van der Waals surface area contributed by atoms with Crippen LogP contribution < -0.4 is 10.2 Å². The molecule has 0 saturated carbocycles. The third kappa shape index (κ3) is 4.70. The van der Waals surface area contributed by atoms with Gasteiger partial charge in [0, 0.05) is 30.4 Å². The highest BCUT2D eigenvalue weighted by molar-refractivity contribution is 6.12. The maximum Gasteiger partial charge on any atom is 0.321 e. The minimum atomic E-state index is -2.65. The zero-order valence-electron chi connectivity index (χ0n) is 19.6. The third-order valence-corrected chi connectivity index (χ3v) is 6.80. The van der Waals surface area contributed by atoms with Crippen LogP contribution >= 0.6 is 0 Å². The van der Waals surface area contributed by atoms with Crippen LogP contribution in [-0.2, 0) is 0 Å². The molecule has 1 aliphatic heterocycles. The van der Waals surface area contributed by atoms with Crippen LogP contribution in [0.3, 0.4) is 0 Å². The summed E-state index contributed by atoms with van der Waals surface area (Å²) in [7, 11) is 0. The van der Waals surface area contributed by atoms with E-state index in [-0.39, 0.29) is 11.9 Å². The molecular formula is C27H28F3N5. The van der Waals surface area contributed by atoms with Crippen molar-refractivity contribution in [2.45, 2.75) is 45.2 Å². The van der Waals surface area contributed by atoms with Gasteiger partial charge in [0.15, 0.2) is 0 Å². The van der Waals surface area contributed by atoms with Gasteiger partial charge in [-0.05, 0) is 80.2 Å². The van der Waals surface area contributed by atoms with Crippen molar-refractivity contribution in [3.05, 3.63) is 77.1 Å². The van der Waals surface area contributed by atoms with Crippen LogP contribution in [0.4, 0.5) is 24.8 Å². The van der Waals surface area contributed by atoms with Gasteiger partial charge in [0.05, 0.1) is 16.7 Å². The predicted octanol–water partition coefficient (Wildman–Crippen LogP) is 6.76. The maximum atomic E-state index is 13.8. The number of anilines is 2. The molecule has 0 spiro atoms. The predicted molar refractivity (Wildman–Crippen MR) is 134 cm³/mol. The molecule has 2 heterocycles. The van der Waals surface area contributed by atoms with Crippen molar-refractivity contribution in [3.63, 3.8) is 0 Å². The van der Waals surface area contributed by atoms with E-state index in [1.807, 2.05) is 30.0 Å². The monoisotopic (exact) mass is 479 g/mol. The van der Waals surface area contributed by atoms with Crippen LogP contribution in [-0.4, -0.2) is 34.4 Å². The Kier molecular flexibility index (Phi) is 6.36. The number of benzene rings is 2. The second-order valence-corrected chi connectivity index (χ2v) is 9.16. The summed E-state index contributed by atoms with van der Waals surface area (Å²) in [5.74, 6) is 0.0454. The highest BCUT2D eigenvalue weighted by Gasteiger charge is 2.26. The fraction of sp³-hybridized carbons (Fsp3) is 0.333. The molecule has 1 aromatic heterocycles. The number of alkyl halides is 2. The van der Waals surface area contributed by atoms with Crippen LogP contribution in [0, 0.1) is 12.3 Å². The number of imidazole rings is 1. The number of aryl methyl sites for hydroxylation is 1. The van der Waals surface area contributed by atoms with Gasteiger partial charge in [-0.2, -0.15) is 8.78 Å². The van der Waals surface area contributed by atoms with Gasteiger partial charge in [0.1, 0.15) is 5.83 Å². The van der Waals surface area contributed by atoms with Gasteiger partial charge in [-0.15, -0.1) is 0 Å². The third-order valence-electron chi connectivity index (χ3n) is 6.80. The van der Waals surface area contributed by atoms with Crippen molar-refractivity contribution in [2.24, 2.45) is 0 Å². The smallest absolute Gasteiger partial charge is 0.321 e. The highest BCUT2D eigenvalue weighted by atomic mass is 19.3. The SMILES string of the molecule is Cc1cc(NC2CCN(c3nc4ccccc4n3C(F)F)CC2)ccc1C(=N)C1=CC(F)=CCC1. The lowest BCUT2D eigenvalue weighted by atomic mass is 9.92. The minimum absolute atomic E-state index is 0.209. The van der Waals surface area contributed by atoms with Crippen molar-refractivity contribution in [2.75, 3.05) is 23.3 Å². The number of allylic oxidation sites excluding steroid dienone is 4. The largest absolute Gasteiger partial charge is 0.382 e. The number of rotatable bonds is 6. The van der Waals surface area contributed by atoms with Crippen molar-refractivity contribution in [3.8, 4) is 0 Å². The van der Waals surface area contributed by atoms with E-state index >= 15 is 0 Å². The Balaban J connectivity index is 1.25. The summed E-state index contributed by atoms with van der Waals surface area (Å²) in [6.07, 6.45) is 5.87. The number of hydrogen-bond acceptors (Lipinski definition) is 4. The van der Waals surface area contributed by atoms with Gasteiger partial charge in [-0.3, -0.25) is 9.98 Å². The standard InChI is InChI=1S/C27H28F3N5/c1-17-15-21(9-10-22(17)25(31)18-5-4-6-19(28)16-18)32-20-11-13-34(14-12-20)27-33-23-7-2-3-8-24(23)35(27)26(29)30/h2-3,6-10,15-16,20,26,31-32H,4-5,11-14H2,1H3. The molecule has 5 nitrogen and oxygen atoms in total. The molecule has 1 fully saturated rings. The minimum Gasteiger partial charge on any atom is -0.382 e. The lowest BCUT2D eigenvalue weighted by Crippen LogP contribution is -2.40. The van der Waals surface area contributed by atoms with Crippen LogP contribution in [0.5, 0.6) is 0 Å². The lowest BCUT2D eigenvalue weighted by Gasteiger charge is -2.33. The van der Waals surface area contributed by atoms with E-state index in [1.165, 1.54) is 6.08 Å². The molecule has 35 heavy (non-hydrogen) atoms. The maximum absolute atomic E-state index is 13.8. The Hall–Kier alpha value is -3.55. The summed E-state index contributed by atoms with van der Waals surface area (Å²) in [5, 5.41) is 12.1. The molecule has 2 N–H and O–H groups in total. The Labute approximate surface area is 202 Å². The summed E-state index contributed by atoms with van der Waals surface area (Å²) in [6.45, 7) is 0.568. The number of nitrogens with one attached hydrogen (secondary N) is 2. The fourth-order valence-corrected chi connectivity index (χ4v) is 4.97. The Morgan fingerprint density at radius 3 is 2.63 bits per heavy atom. The summed E-state index contributed by atoms with van der Waals surface area (Å²) < 4.78 is 42.3. The number of hydrogen-bond donors (Lipinski definition) is 2. The zero-order valence-corrected chi connectivity index (χ0v) is 19.6. The first-order valence-corrected chi connectivity index (χ1v) is 11.9. The molecule has 0 atom stereocenters. The van der Waals surface area contributed by atoms with Gasteiger partial charge in [-0.25, -0.2) is 9.37 Å². The summed E-state index contributed by atoms with van der Waals surface area (Å²) in [4.78, 5) is 6.42. The molecule has 0 amide bonds. The first kappa shape index (κ1) is 23.2. The molecule has 5 rings (SSSR count). The first-order chi connectivity index (χ1) is 16.9. The Morgan fingerprint density at radius 2 is 1.91 bits per heavy atom. The summed E-state index contributed by atoms with van der Waals surface area (Å²) >= 11 is 0. The highest BCUT2D eigenvalue weighted by Crippen LogP contribution is 2.31. The van der Waals surface area contributed by atoms with Crippen LogP contribution in [0.2, 0.25) is 0 Å². The Bertz CT molecular complexity index is 1320. The normalized spacial score (nSPS) is 17.0. The molecule has 0 radical (unpaired) electrons. The van der Waals surface area contributed by atoms with Gasteiger partial charge in [0.25, 0.3) is 0 Å². The average molecular weight is 480 g/mol. The van der Waals surface area contributed by atoms with E-state index in [4.69, 9.17) is 5.41 Å². The summed E-state index contributed by atoms with van der Waals surface area (Å²) in [5.41, 5.74) is 4.83. The lowest BCUT2D eigenvalue weighted by molar-refractivity contribution is 0.0757. The number of aromatic nitrogens is 2. The number of fused-ring (bicyclic) bond motifs is 1. The van der Waals surface area contributed by atoms with Crippen LogP contribution in [0.25, 0.3) is 11.0 Å². The molecule has 8 heteroatoms. The molecule has 0 bridgehead atoms. The quantitative estimate of drug-likeness (QED) is 0.384.